The van der Waals surface area contributed by atoms with Gasteiger partial charge in [-0.25, -0.2) is 0 Å². The van der Waals surface area contributed by atoms with E-state index in [0.717, 1.165) is 10.8 Å². The summed E-state index contributed by atoms with van der Waals surface area (Å²) in [5.41, 5.74) is 1.92. The SMILES string of the molecule is COc1cc(-c2cc(OC)c(OC)cc2OC)c(O)c(-c2c(O)c(Br)cc3ccccc23)c1. The lowest BCUT2D eigenvalue weighted by atomic mass is 9.92. The molecule has 33 heavy (non-hydrogen) atoms. The van der Waals surface area contributed by atoms with Crippen LogP contribution in [0.1, 0.15) is 0 Å². The predicted molar refractivity (Wildman–Crippen MR) is 132 cm³/mol. The maximum Gasteiger partial charge on any atom is 0.164 e. The van der Waals surface area contributed by atoms with Crippen molar-refractivity contribution in [3.8, 4) is 56.8 Å². The van der Waals surface area contributed by atoms with E-state index in [0.29, 0.717) is 49.7 Å². The fourth-order valence-corrected chi connectivity index (χ4v) is 4.38. The van der Waals surface area contributed by atoms with Gasteiger partial charge in [-0.1, -0.05) is 24.3 Å². The second-order valence-corrected chi connectivity index (χ2v) is 8.14. The largest absolute Gasteiger partial charge is 0.507 e. The summed E-state index contributed by atoms with van der Waals surface area (Å²) in [5, 5.41) is 24.2. The zero-order valence-corrected chi connectivity index (χ0v) is 20.2. The van der Waals surface area contributed by atoms with Crippen molar-refractivity contribution in [2.75, 3.05) is 28.4 Å². The average molecular weight is 511 g/mol. The van der Waals surface area contributed by atoms with E-state index in [9.17, 15) is 10.2 Å². The summed E-state index contributed by atoms with van der Waals surface area (Å²) in [4.78, 5) is 0. The Morgan fingerprint density at radius 1 is 0.636 bits per heavy atom. The molecule has 0 spiro atoms. The molecule has 0 aromatic heterocycles. The monoisotopic (exact) mass is 510 g/mol. The van der Waals surface area contributed by atoms with E-state index in [2.05, 4.69) is 15.9 Å². The molecule has 4 aromatic carbocycles. The van der Waals surface area contributed by atoms with Crippen molar-refractivity contribution in [3.63, 3.8) is 0 Å². The van der Waals surface area contributed by atoms with E-state index in [1.165, 1.54) is 14.2 Å². The predicted octanol–water partition coefficient (Wildman–Crippen LogP) is 6.38. The summed E-state index contributed by atoms with van der Waals surface area (Å²) in [7, 11) is 6.16. The molecule has 0 aliphatic rings. The van der Waals surface area contributed by atoms with Crippen LogP contribution in [0.3, 0.4) is 0 Å². The van der Waals surface area contributed by atoms with Crippen LogP contribution in [0, 0.1) is 0 Å². The number of rotatable bonds is 6. The molecule has 0 unspecified atom stereocenters. The van der Waals surface area contributed by atoms with Crippen LogP contribution in [0.2, 0.25) is 0 Å². The summed E-state index contributed by atoms with van der Waals surface area (Å²) in [6.07, 6.45) is 0. The van der Waals surface area contributed by atoms with E-state index in [1.807, 2.05) is 30.3 Å². The molecule has 0 aliphatic carbocycles. The van der Waals surface area contributed by atoms with Crippen LogP contribution in [0.25, 0.3) is 33.0 Å². The van der Waals surface area contributed by atoms with Crippen molar-refractivity contribution in [1.82, 2.24) is 0 Å². The molecule has 0 saturated carbocycles. The Morgan fingerprint density at radius 2 is 1.27 bits per heavy atom. The van der Waals surface area contributed by atoms with E-state index in [4.69, 9.17) is 18.9 Å². The Labute approximate surface area is 200 Å². The minimum absolute atomic E-state index is 0.0162. The maximum absolute atomic E-state index is 11.5. The normalized spacial score (nSPS) is 10.8. The van der Waals surface area contributed by atoms with Crippen molar-refractivity contribution < 1.29 is 29.2 Å². The topological polar surface area (TPSA) is 77.4 Å². The fraction of sp³-hybridized carbons (Fsp3) is 0.154. The second-order valence-electron chi connectivity index (χ2n) is 7.28. The molecule has 7 heteroatoms. The number of aromatic hydroxyl groups is 2. The van der Waals surface area contributed by atoms with Gasteiger partial charge in [-0.3, -0.25) is 0 Å². The number of hydrogen-bond acceptors (Lipinski definition) is 6. The molecule has 0 radical (unpaired) electrons. The van der Waals surface area contributed by atoms with Gasteiger partial charge >= 0.3 is 0 Å². The number of phenols is 2. The molecule has 4 aromatic rings. The first-order valence-electron chi connectivity index (χ1n) is 10.0. The summed E-state index contributed by atoms with van der Waals surface area (Å²) >= 11 is 3.43. The third-order valence-electron chi connectivity index (χ3n) is 5.56. The standard InChI is InChI=1S/C26H23BrO6/c1-30-15-10-18(17-12-22(32-3)23(33-4)13-21(17)31-2)25(28)19(11-15)24-16-8-6-5-7-14(16)9-20(27)26(24)29/h5-13,28-29H,1-4H3. The minimum Gasteiger partial charge on any atom is -0.507 e. The number of halogens is 1. The van der Waals surface area contributed by atoms with Gasteiger partial charge in [0.25, 0.3) is 0 Å². The molecule has 0 atom stereocenters. The van der Waals surface area contributed by atoms with E-state index >= 15 is 0 Å². The van der Waals surface area contributed by atoms with Crippen molar-refractivity contribution in [2.24, 2.45) is 0 Å². The van der Waals surface area contributed by atoms with Crippen LogP contribution in [0.4, 0.5) is 0 Å². The molecule has 0 aliphatic heterocycles. The Morgan fingerprint density at radius 3 is 1.94 bits per heavy atom. The maximum atomic E-state index is 11.5. The van der Waals surface area contributed by atoms with E-state index < -0.39 is 0 Å². The van der Waals surface area contributed by atoms with Crippen molar-refractivity contribution >= 4 is 26.7 Å². The van der Waals surface area contributed by atoms with Crippen LogP contribution in [-0.2, 0) is 0 Å². The number of ether oxygens (including phenoxy) is 4. The summed E-state index contributed by atoms with van der Waals surface area (Å²) in [6, 6.07) is 16.3. The summed E-state index contributed by atoms with van der Waals surface area (Å²) in [5.74, 6) is 1.93. The average Bonchev–Trinajstić information content (AvgIpc) is 2.84. The molecule has 0 bridgehead atoms. The van der Waals surface area contributed by atoms with Gasteiger partial charge in [0.05, 0.1) is 32.9 Å². The third-order valence-corrected chi connectivity index (χ3v) is 6.16. The molecule has 4 rings (SSSR count). The van der Waals surface area contributed by atoms with Crippen LogP contribution in [-0.4, -0.2) is 38.7 Å². The van der Waals surface area contributed by atoms with Crippen LogP contribution < -0.4 is 18.9 Å². The zero-order chi connectivity index (χ0) is 23.7. The summed E-state index contributed by atoms with van der Waals surface area (Å²) < 4.78 is 22.5. The van der Waals surface area contributed by atoms with Gasteiger partial charge in [0, 0.05) is 28.3 Å². The highest BCUT2D eigenvalue weighted by molar-refractivity contribution is 9.10. The molecule has 0 heterocycles. The number of fused-ring (bicyclic) bond motifs is 1. The van der Waals surface area contributed by atoms with Gasteiger partial charge in [0.1, 0.15) is 23.0 Å². The highest BCUT2D eigenvalue weighted by atomic mass is 79.9. The highest BCUT2D eigenvalue weighted by Crippen LogP contribution is 2.51. The van der Waals surface area contributed by atoms with Crippen molar-refractivity contribution in [3.05, 3.63) is 59.1 Å². The van der Waals surface area contributed by atoms with Crippen molar-refractivity contribution in [2.45, 2.75) is 0 Å². The third kappa shape index (κ3) is 3.89. The molecular formula is C26H23BrO6. The van der Waals surface area contributed by atoms with Gasteiger partial charge in [0.2, 0.25) is 0 Å². The molecule has 0 fully saturated rings. The molecule has 2 N–H and O–H groups in total. The quantitative estimate of drug-likeness (QED) is 0.313. The van der Waals surface area contributed by atoms with Gasteiger partial charge < -0.3 is 29.2 Å². The lowest BCUT2D eigenvalue weighted by Gasteiger charge is -2.19. The van der Waals surface area contributed by atoms with E-state index in [-0.39, 0.29) is 11.5 Å². The molecular weight excluding hydrogens is 488 g/mol. The van der Waals surface area contributed by atoms with Gasteiger partial charge in [-0.05, 0) is 51.0 Å². The Bertz CT molecular complexity index is 1350. The summed E-state index contributed by atoms with van der Waals surface area (Å²) in [6.45, 7) is 0. The number of methoxy groups -OCH3 is 4. The minimum atomic E-state index is -0.0418. The molecule has 170 valence electrons. The van der Waals surface area contributed by atoms with Gasteiger partial charge in [-0.2, -0.15) is 0 Å². The van der Waals surface area contributed by atoms with Crippen LogP contribution >= 0.6 is 15.9 Å². The fourth-order valence-electron chi connectivity index (χ4n) is 3.94. The zero-order valence-electron chi connectivity index (χ0n) is 18.6. The molecule has 6 nitrogen and oxygen atoms in total. The second kappa shape index (κ2) is 9.11. The molecule has 0 saturated heterocycles. The number of benzene rings is 4. The smallest absolute Gasteiger partial charge is 0.164 e. The first-order valence-corrected chi connectivity index (χ1v) is 10.8. The van der Waals surface area contributed by atoms with Crippen LogP contribution in [0.5, 0.6) is 34.5 Å². The highest BCUT2D eigenvalue weighted by Gasteiger charge is 2.23. The number of phenolic OH excluding ortho intramolecular Hbond substituents is 2. The van der Waals surface area contributed by atoms with Gasteiger partial charge in [-0.15, -0.1) is 0 Å². The lowest BCUT2D eigenvalue weighted by molar-refractivity contribution is 0.349. The first-order chi connectivity index (χ1) is 15.9. The number of hydrogen-bond donors (Lipinski definition) is 2. The first kappa shape index (κ1) is 22.6. The Kier molecular flexibility index (Phi) is 6.24. The van der Waals surface area contributed by atoms with Crippen molar-refractivity contribution in [1.29, 1.82) is 0 Å². The van der Waals surface area contributed by atoms with E-state index in [1.54, 1.807) is 38.5 Å². The molecule has 0 amide bonds. The lowest BCUT2D eigenvalue weighted by Crippen LogP contribution is -1.96. The Hall–Kier alpha value is -3.58. The van der Waals surface area contributed by atoms with Gasteiger partial charge in [0.15, 0.2) is 11.5 Å². The Balaban J connectivity index is 2.08. The van der Waals surface area contributed by atoms with Crippen LogP contribution in [0.15, 0.2) is 59.1 Å².